The van der Waals surface area contributed by atoms with Gasteiger partial charge in [-0.3, -0.25) is 9.58 Å². The third kappa shape index (κ3) is 5.02. The van der Waals surface area contributed by atoms with Gasteiger partial charge in [0.25, 0.3) is 0 Å². The molecule has 4 aromatic heterocycles. The Morgan fingerprint density at radius 3 is 2.67 bits per heavy atom. The average Bonchev–Trinajstić information content (AvgIpc) is 3.59. The lowest BCUT2D eigenvalue weighted by atomic mass is 9.83. The molecule has 0 aromatic carbocycles. The molecule has 0 bridgehead atoms. The molecule has 6 rings (SSSR count). The number of fused-ring (bicyclic) bond motifs is 1. The molecule has 0 amide bonds. The van der Waals surface area contributed by atoms with Crippen molar-refractivity contribution in [3.63, 3.8) is 0 Å². The molecule has 11 nitrogen and oxygen atoms in total. The highest BCUT2D eigenvalue weighted by atomic mass is 19.4. The van der Waals surface area contributed by atoms with E-state index in [1.807, 2.05) is 23.1 Å². The first-order valence-electron chi connectivity index (χ1n) is 13.3. The average molecular weight is 558 g/mol. The molecule has 1 aliphatic heterocycles. The molecule has 2 fully saturated rings. The van der Waals surface area contributed by atoms with Gasteiger partial charge in [0.1, 0.15) is 23.6 Å². The van der Waals surface area contributed by atoms with E-state index in [0.29, 0.717) is 25.4 Å². The second-order valence-electron chi connectivity index (χ2n) is 10.5. The molecule has 2 aliphatic rings. The number of nitrogens with zero attached hydrogens (tertiary/aromatic N) is 7. The van der Waals surface area contributed by atoms with Gasteiger partial charge in [-0.2, -0.15) is 23.3 Å². The predicted molar refractivity (Wildman–Crippen MR) is 138 cm³/mol. The van der Waals surface area contributed by atoms with Crippen LogP contribution in [-0.2, 0) is 18.1 Å². The van der Waals surface area contributed by atoms with Crippen LogP contribution in [0, 0.1) is 0 Å². The van der Waals surface area contributed by atoms with Crippen LogP contribution >= 0.6 is 0 Å². The fourth-order valence-electron chi connectivity index (χ4n) is 5.74. The number of ether oxygens (including phenoxy) is 1. The zero-order valence-corrected chi connectivity index (χ0v) is 21.7. The number of likely N-dealkylation sites (tertiary alicyclic amines) is 1. The number of hydrogen-bond acceptors (Lipinski definition) is 9. The van der Waals surface area contributed by atoms with E-state index < -0.39 is 12.0 Å². The molecule has 4 N–H and O–H groups in total. The smallest absolute Gasteiger partial charge is 0.451 e. The zero-order valence-electron chi connectivity index (χ0n) is 21.7. The molecule has 1 saturated heterocycles. The van der Waals surface area contributed by atoms with Crippen LogP contribution < -0.4 is 10.5 Å². The number of alkyl halides is 3. The number of aliphatic hydroxyl groups is 1. The van der Waals surface area contributed by atoms with Gasteiger partial charge < -0.3 is 20.6 Å². The Morgan fingerprint density at radius 2 is 1.95 bits per heavy atom. The molecule has 14 heteroatoms. The fourth-order valence-corrected chi connectivity index (χ4v) is 5.74. The number of halogens is 3. The van der Waals surface area contributed by atoms with E-state index in [-0.39, 0.29) is 36.2 Å². The van der Waals surface area contributed by atoms with Gasteiger partial charge in [0, 0.05) is 68.1 Å². The summed E-state index contributed by atoms with van der Waals surface area (Å²) in [5, 5.41) is 14.7. The van der Waals surface area contributed by atoms with Gasteiger partial charge >= 0.3 is 6.18 Å². The lowest BCUT2D eigenvalue weighted by Gasteiger charge is -2.53. The fraction of sp³-hybridized carbons (Fsp3) is 0.500. The van der Waals surface area contributed by atoms with E-state index in [1.165, 1.54) is 12.4 Å². The maximum absolute atomic E-state index is 13.2. The summed E-state index contributed by atoms with van der Waals surface area (Å²) in [6, 6.07) is 3.65. The highest BCUT2D eigenvalue weighted by molar-refractivity contribution is 5.89. The van der Waals surface area contributed by atoms with Crippen molar-refractivity contribution < 1.29 is 23.0 Å². The first kappa shape index (κ1) is 26.6. The Hall–Kier alpha value is -3.62. The monoisotopic (exact) mass is 557 g/mol. The molecule has 212 valence electrons. The number of aromatic amines is 1. The standard InChI is InChI=1S/C26H30F3N9O2/c27-26(28,29)24-35-17(6-8-39)9-21(36-24)40-19-3-1-18(2-4-19)37-13-25(12-30,14-37)38-11-16(10-34-38)22-20-5-7-31-23(20)33-15-32-22/h5,7,9-11,15,18-19,39H,1-4,6,8,12-14,30H2,(H,31,32,33). The molecule has 0 atom stereocenters. The molecule has 1 aliphatic carbocycles. The number of hydrogen-bond donors (Lipinski definition) is 3. The molecule has 5 heterocycles. The minimum absolute atomic E-state index is 0.000175. The molecule has 0 spiro atoms. The largest absolute Gasteiger partial charge is 0.474 e. The maximum atomic E-state index is 13.2. The van der Waals surface area contributed by atoms with E-state index in [0.717, 1.165) is 48.2 Å². The number of aliphatic hydroxyl groups excluding tert-OH is 1. The van der Waals surface area contributed by atoms with Crippen LogP contribution in [0.5, 0.6) is 5.88 Å². The molecule has 4 aromatic rings. The van der Waals surface area contributed by atoms with Crippen LogP contribution in [0.3, 0.4) is 0 Å². The van der Waals surface area contributed by atoms with Gasteiger partial charge in [-0.15, -0.1) is 0 Å². The lowest BCUT2D eigenvalue weighted by Crippen LogP contribution is -2.68. The molecule has 0 radical (unpaired) electrons. The summed E-state index contributed by atoms with van der Waals surface area (Å²) in [5.74, 6) is -1.35. The Labute approximate surface area is 227 Å². The van der Waals surface area contributed by atoms with Gasteiger partial charge in [0.05, 0.1) is 17.6 Å². The van der Waals surface area contributed by atoms with E-state index in [9.17, 15) is 13.2 Å². The van der Waals surface area contributed by atoms with Gasteiger partial charge in [0.2, 0.25) is 11.7 Å². The van der Waals surface area contributed by atoms with Crippen molar-refractivity contribution in [2.24, 2.45) is 5.73 Å². The second kappa shape index (κ2) is 10.4. The van der Waals surface area contributed by atoms with Crippen molar-refractivity contribution in [1.82, 2.24) is 39.6 Å². The van der Waals surface area contributed by atoms with Crippen molar-refractivity contribution in [2.45, 2.75) is 56.0 Å². The van der Waals surface area contributed by atoms with E-state index in [2.05, 4.69) is 34.9 Å². The summed E-state index contributed by atoms with van der Waals surface area (Å²) in [4.78, 5) is 21.3. The molecular formula is C26H30F3N9O2. The molecular weight excluding hydrogens is 527 g/mol. The summed E-state index contributed by atoms with van der Waals surface area (Å²) in [7, 11) is 0. The summed E-state index contributed by atoms with van der Waals surface area (Å²) >= 11 is 0. The Balaban J connectivity index is 1.07. The van der Waals surface area contributed by atoms with Crippen molar-refractivity contribution >= 4 is 11.0 Å². The second-order valence-corrected chi connectivity index (χ2v) is 10.5. The van der Waals surface area contributed by atoms with Crippen LogP contribution in [0.25, 0.3) is 22.3 Å². The Kier molecular flexibility index (Phi) is 6.92. The van der Waals surface area contributed by atoms with Crippen LogP contribution in [0.1, 0.15) is 37.2 Å². The van der Waals surface area contributed by atoms with E-state index >= 15 is 0 Å². The topological polar surface area (TPSA) is 144 Å². The third-order valence-corrected chi connectivity index (χ3v) is 7.90. The van der Waals surface area contributed by atoms with Crippen LogP contribution in [0.2, 0.25) is 0 Å². The van der Waals surface area contributed by atoms with Crippen molar-refractivity contribution in [2.75, 3.05) is 26.2 Å². The number of aromatic nitrogens is 7. The highest BCUT2D eigenvalue weighted by Crippen LogP contribution is 2.37. The normalized spacial score (nSPS) is 21.4. The number of H-pyrrole nitrogens is 1. The minimum Gasteiger partial charge on any atom is -0.474 e. The van der Waals surface area contributed by atoms with Crippen LogP contribution in [0.4, 0.5) is 13.2 Å². The number of rotatable bonds is 8. The number of nitrogens with two attached hydrogens (primary N) is 1. The van der Waals surface area contributed by atoms with E-state index in [1.54, 1.807) is 6.20 Å². The molecule has 40 heavy (non-hydrogen) atoms. The first-order chi connectivity index (χ1) is 19.3. The van der Waals surface area contributed by atoms with Gasteiger partial charge in [0.15, 0.2) is 0 Å². The van der Waals surface area contributed by atoms with Gasteiger partial charge in [-0.25, -0.2) is 15.0 Å². The SMILES string of the molecule is NCC1(n2cc(-c3ncnc4[nH]ccc34)cn2)CN(C2CCC(Oc3cc(CCO)nc(C(F)(F)F)n3)CC2)C1. The summed E-state index contributed by atoms with van der Waals surface area (Å²) < 4.78 is 47.5. The zero-order chi connectivity index (χ0) is 27.9. The first-order valence-corrected chi connectivity index (χ1v) is 13.3. The summed E-state index contributed by atoms with van der Waals surface area (Å²) in [6.45, 7) is 1.65. The summed E-state index contributed by atoms with van der Waals surface area (Å²) in [6.07, 6.45) is 5.34. The third-order valence-electron chi connectivity index (χ3n) is 7.90. The van der Waals surface area contributed by atoms with Crippen LogP contribution in [-0.4, -0.2) is 83.1 Å². The maximum Gasteiger partial charge on any atom is 0.451 e. The van der Waals surface area contributed by atoms with Gasteiger partial charge in [-0.1, -0.05) is 0 Å². The predicted octanol–water partition coefficient (Wildman–Crippen LogP) is 2.52. The lowest BCUT2D eigenvalue weighted by molar-refractivity contribution is -0.145. The molecule has 0 unspecified atom stereocenters. The van der Waals surface area contributed by atoms with E-state index in [4.69, 9.17) is 15.6 Å². The van der Waals surface area contributed by atoms with Crippen molar-refractivity contribution in [1.29, 1.82) is 0 Å². The van der Waals surface area contributed by atoms with Crippen molar-refractivity contribution in [3.8, 4) is 17.1 Å². The minimum atomic E-state index is -4.69. The highest BCUT2D eigenvalue weighted by Gasteiger charge is 2.47. The van der Waals surface area contributed by atoms with Gasteiger partial charge in [-0.05, 0) is 31.7 Å². The quantitative estimate of drug-likeness (QED) is 0.298. The Bertz CT molecular complexity index is 1470. The van der Waals surface area contributed by atoms with Crippen molar-refractivity contribution in [3.05, 3.63) is 48.6 Å². The molecule has 1 saturated carbocycles. The number of nitrogens with one attached hydrogen (secondary N) is 1. The van der Waals surface area contributed by atoms with Crippen LogP contribution in [0.15, 0.2) is 37.1 Å². The Morgan fingerprint density at radius 1 is 1.15 bits per heavy atom. The summed E-state index contributed by atoms with van der Waals surface area (Å²) in [5.41, 5.74) is 8.53.